The van der Waals surface area contributed by atoms with Crippen molar-refractivity contribution in [2.75, 3.05) is 18.0 Å². The number of nitrogens with zero attached hydrogens (tertiary/aromatic N) is 4. The maximum absolute atomic E-state index is 13.2. The molecule has 1 saturated carbocycles. The van der Waals surface area contributed by atoms with Gasteiger partial charge in [0.1, 0.15) is 21.8 Å². The van der Waals surface area contributed by atoms with Gasteiger partial charge in [-0.2, -0.15) is 5.26 Å². The fraction of sp³-hybridized carbons (Fsp3) is 0.524. The van der Waals surface area contributed by atoms with Gasteiger partial charge in [-0.1, -0.05) is 36.8 Å². The number of hydrogen-bond acceptors (Lipinski definition) is 6. The van der Waals surface area contributed by atoms with Crippen molar-refractivity contribution in [2.45, 2.75) is 51.5 Å². The molecule has 3 heterocycles. The van der Waals surface area contributed by atoms with Crippen molar-refractivity contribution >= 4 is 46.1 Å². The maximum atomic E-state index is 13.2. The highest BCUT2D eigenvalue weighted by atomic mass is 32.2. The molecular formula is C21H24N4O2S2. The predicted molar refractivity (Wildman–Crippen MR) is 120 cm³/mol. The molecule has 1 amide bonds. The zero-order valence-corrected chi connectivity index (χ0v) is 18.4. The Balaban J connectivity index is 1.83. The molecule has 0 atom stereocenters. The van der Waals surface area contributed by atoms with Crippen molar-refractivity contribution in [3.8, 4) is 6.07 Å². The van der Waals surface area contributed by atoms with Gasteiger partial charge in [-0.25, -0.2) is 0 Å². The number of rotatable bonds is 3. The minimum Gasteiger partial charge on any atom is -0.357 e. The molecule has 2 saturated heterocycles. The number of nitriles is 1. The molecule has 152 valence electrons. The van der Waals surface area contributed by atoms with Gasteiger partial charge in [-0.05, 0) is 44.2 Å². The van der Waals surface area contributed by atoms with Gasteiger partial charge in [0.05, 0.1) is 4.91 Å². The monoisotopic (exact) mass is 428 g/mol. The number of pyridine rings is 1. The van der Waals surface area contributed by atoms with Crippen LogP contribution >= 0.6 is 24.0 Å². The summed E-state index contributed by atoms with van der Waals surface area (Å²) < 4.78 is 2.17. The smallest absolute Gasteiger partial charge is 0.270 e. The summed E-state index contributed by atoms with van der Waals surface area (Å²) in [6, 6.07) is 2.25. The second kappa shape index (κ2) is 7.96. The highest BCUT2D eigenvalue weighted by molar-refractivity contribution is 8.26. The molecule has 2 aliphatic heterocycles. The number of thiocarbonyl (C=S) groups is 1. The van der Waals surface area contributed by atoms with Crippen molar-refractivity contribution in [1.82, 2.24) is 9.47 Å². The van der Waals surface area contributed by atoms with Gasteiger partial charge < -0.3 is 4.90 Å². The third kappa shape index (κ3) is 3.40. The van der Waals surface area contributed by atoms with Crippen LogP contribution < -0.4 is 10.5 Å². The topological polar surface area (TPSA) is 69.3 Å². The molecule has 3 fully saturated rings. The van der Waals surface area contributed by atoms with E-state index in [1.165, 1.54) is 11.8 Å². The van der Waals surface area contributed by atoms with E-state index in [1.54, 1.807) is 23.4 Å². The van der Waals surface area contributed by atoms with E-state index in [1.807, 2.05) is 6.08 Å². The minimum atomic E-state index is -0.289. The molecule has 3 aliphatic rings. The van der Waals surface area contributed by atoms with E-state index in [9.17, 15) is 14.9 Å². The Labute approximate surface area is 180 Å². The van der Waals surface area contributed by atoms with Crippen LogP contribution in [0.25, 0.3) is 6.08 Å². The van der Waals surface area contributed by atoms with Crippen LogP contribution in [0.4, 0.5) is 5.82 Å². The van der Waals surface area contributed by atoms with E-state index >= 15 is 0 Å². The fourth-order valence-electron chi connectivity index (χ4n) is 4.61. The van der Waals surface area contributed by atoms with Gasteiger partial charge in [0, 0.05) is 31.7 Å². The van der Waals surface area contributed by atoms with Crippen LogP contribution in [0.1, 0.15) is 55.2 Å². The molecule has 6 nitrogen and oxygen atoms in total. The number of aromatic nitrogens is 1. The molecule has 29 heavy (non-hydrogen) atoms. The molecule has 0 N–H and O–H groups in total. The van der Waals surface area contributed by atoms with Crippen LogP contribution in [-0.2, 0) is 11.8 Å². The molecule has 0 bridgehead atoms. The standard InChI is InChI=1S/C21H24N4O2S2/c1-13-15(11-17-20(27)25(21(28)29-17)14-7-3-4-8-14)18(24-9-5-6-10-24)23(2)19(26)16(13)12-22/h11,14H,3-10H2,1-2H3. The van der Waals surface area contributed by atoms with Crippen molar-refractivity contribution in [3.63, 3.8) is 0 Å². The van der Waals surface area contributed by atoms with Crippen LogP contribution in [-0.4, -0.2) is 38.8 Å². The summed E-state index contributed by atoms with van der Waals surface area (Å²) >= 11 is 6.85. The first kappa shape index (κ1) is 20.2. The zero-order valence-electron chi connectivity index (χ0n) is 16.7. The summed E-state index contributed by atoms with van der Waals surface area (Å²) in [6.07, 6.45) is 8.23. The predicted octanol–water partition coefficient (Wildman–Crippen LogP) is 3.31. The quantitative estimate of drug-likeness (QED) is 0.543. The Morgan fingerprint density at radius 2 is 1.83 bits per heavy atom. The lowest BCUT2D eigenvalue weighted by molar-refractivity contribution is -0.123. The molecule has 8 heteroatoms. The molecular weight excluding hydrogens is 404 g/mol. The Morgan fingerprint density at radius 3 is 2.45 bits per heavy atom. The van der Waals surface area contributed by atoms with Crippen molar-refractivity contribution in [1.29, 1.82) is 5.26 Å². The van der Waals surface area contributed by atoms with Crippen molar-refractivity contribution in [3.05, 3.63) is 31.9 Å². The molecule has 0 unspecified atom stereocenters. The Hall–Kier alpha value is -2.11. The SMILES string of the molecule is Cc1c(C=C2SC(=S)N(C3CCCC3)C2=O)c(N2CCCC2)n(C)c(=O)c1C#N. The van der Waals surface area contributed by atoms with Crippen LogP contribution in [0.3, 0.4) is 0 Å². The van der Waals surface area contributed by atoms with E-state index in [2.05, 4.69) is 11.0 Å². The van der Waals surface area contributed by atoms with E-state index in [4.69, 9.17) is 12.2 Å². The van der Waals surface area contributed by atoms with Gasteiger partial charge in [-0.3, -0.25) is 19.1 Å². The highest BCUT2D eigenvalue weighted by Gasteiger charge is 2.38. The second-order valence-electron chi connectivity index (χ2n) is 7.90. The van der Waals surface area contributed by atoms with Gasteiger partial charge in [0.2, 0.25) is 0 Å². The Bertz CT molecular complexity index is 1010. The average Bonchev–Trinajstić information content (AvgIpc) is 3.44. The maximum Gasteiger partial charge on any atom is 0.270 e. The molecule has 0 radical (unpaired) electrons. The molecule has 4 rings (SSSR count). The Kier molecular flexibility index (Phi) is 5.54. The molecule has 1 aromatic heterocycles. The zero-order chi connectivity index (χ0) is 20.7. The van der Waals surface area contributed by atoms with Crippen LogP contribution in [0, 0.1) is 18.3 Å². The molecule has 1 aliphatic carbocycles. The van der Waals surface area contributed by atoms with Gasteiger partial charge in [-0.15, -0.1) is 0 Å². The van der Waals surface area contributed by atoms with Gasteiger partial charge >= 0.3 is 0 Å². The molecule has 0 aromatic carbocycles. The number of hydrogen-bond donors (Lipinski definition) is 0. The highest BCUT2D eigenvalue weighted by Crippen LogP contribution is 2.39. The largest absolute Gasteiger partial charge is 0.357 e. The lowest BCUT2D eigenvalue weighted by atomic mass is 10.0. The normalized spacial score (nSPS) is 21.6. The van der Waals surface area contributed by atoms with E-state index < -0.39 is 0 Å². The average molecular weight is 429 g/mol. The number of amides is 1. The van der Waals surface area contributed by atoms with Crippen LogP contribution in [0.15, 0.2) is 9.70 Å². The van der Waals surface area contributed by atoms with E-state index in [0.29, 0.717) is 14.8 Å². The summed E-state index contributed by atoms with van der Waals surface area (Å²) in [5.41, 5.74) is 1.25. The lowest BCUT2D eigenvalue weighted by Gasteiger charge is -2.25. The molecule has 1 aromatic rings. The third-order valence-corrected chi connectivity index (χ3v) is 7.49. The Morgan fingerprint density at radius 1 is 1.17 bits per heavy atom. The van der Waals surface area contributed by atoms with Crippen molar-refractivity contribution in [2.24, 2.45) is 7.05 Å². The molecule has 0 spiro atoms. The minimum absolute atomic E-state index is 0.0500. The number of anilines is 1. The number of carbonyl (C=O) groups excluding carboxylic acids is 1. The lowest BCUT2D eigenvalue weighted by Crippen LogP contribution is -2.36. The first-order valence-corrected chi connectivity index (χ1v) is 11.3. The summed E-state index contributed by atoms with van der Waals surface area (Å²) in [7, 11) is 1.71. The first-order chi connectivity index (χ1) is 13.9. The summed E-state index contributed by atoms with van der Waals surface area (Å²) in [6.45, 7) is 3.52. The third-order valence-electron chi connectivity index (χ3n) is 6.16. The van der Waals surface area contributed by atoms with Gasteiger partial charge in [0.25, 0.3) is 11.5 Å². The number of thioether (sulfide) groups is 1. The van der Waals surface area contributed by atoms with E-state index in [-0.39, 0.29) is 23.1 Å². The van der Waals surface area contributed by atoms with E-state index in [0.717, 1.165) is 63.0 Å². The number of carbonyl (C=O) groups is 1. The van der Waals surface area contributed by atoms with Gasteiger partial charge in [0.15, 0.2) is 0 Å². The first-order valence-electron chi connectivity index (χ1n) is 10.1. The van der Waals surface area contributed by atoms with Crippen molar-refractivity contribution < 1.29 is 4.79 Å². The summed E-state index contributed by atoms with van der Waals surface area (Å²) in [5, 5.41) is 9.55. The summed E-state index contributed by atoms with van der Waals surface area (Å²) in [4.78, 5) is 30.4. The second-order valence-corrected chi connectivity index (χ2v) is 9.57. The van der Waals surface area contributed by atoms with Crippen LogP contribution in [0.5, 0.6) is 0 Å². The summed E-state index contributed by atoms with van der Waals surface area (Å²) in [5.74, 6) is 0.737. The fourth-order valence-corrected chi connectivity index (χ4v) is 5.99. The van der Waals surface area contributed by atoms with Crippen LogP contribution in [0.2, 0.25) is 0 Å².